The highest BCUT2D eigenvalue weighted by molar-refractivity contribution is 5.89. The summed E-state index contributed by atoms with van der Waals surface area (Å²) in [5.41, 5.74) is 11.8. The van der Waals surface area contributed by atoms with Crippen molar-refractivity contribution >= 4 is 11.4 Å². The van der Waals surface area contributed by atoms with E-state index >= 15 is 0 Å². The third-order valence-electron chi connectivity index (χ3n) is 4.56. The van der Waals surface area contributed by atoms with Crippen molar-refractivity contribution < 1.29 is 4.74 Å². The van der Waals surface area contributed by atoms with Crippen LogP contribution in [0.15, 0.2) is 24.4 Å². The van der Waals surface area contributed by atoms with E-state index < -0.39 is 0 Å². The number of benzene rings is 1. The molecule has 4 rings (SSSR count). The Balaban J connectivity index is 1.82. The van der Waals surface area contributed by atoms with Crippen LogP contribution in [0.5, 0.6) is 0 Å². The number of ether oxygens (including phenoxy) is 1. The molecular weight excluding hydrogens is 264 g/mol. The molecule has 0 aliphatic carbocycles. The van der Waals surface area contributed by atoms with Crippen LogP contribution in [0.2, 0.25) is 0 Å². The summed E-state index contributed by atoms with van der Waals surface area (Å²) in [4.78, 5) is 2.23. The first kappa shape index (κ1) is 12.7. The summed E-state index contributed by atoms with van der Waals surface area (Å²) in [6, 6.07) is 6.57. The quantitative estimate of drug-likeness (QED) is 0.817. The molecule has 110 valence electrons. The zero-order valence-corrected chi connectivity index (χ0v) is 12.2. The first-order chi connectivity index (χ1) is 10.3. The van der Waals surface area contributed by atoms with Gasteiger partial charge in [-0.2, -0.15) is 5.10 Å². The molecule has 5 nitrogen and oxygen atoms in total. The van der Waals surface area contributed by atoms with Gasteiger partial charge >= 0.3 is 0 Å². The van der Waals surface area contributed by atoms with Crippen molar-refractivity contribution in [1.82, 2.24) is 9.78 Å². The van der Waals surface area contributed by atoms with E-state index in [0.717, 1.165) is 44.0 Å². The minimum absolute atomic E-state index is 0.457. The van der Waals surface area contributed by atoms with Crippen LogP contribution < -0.4 is 10.6 Å². The molecule has 1 aromatic carbocycles. The summed E-state index contributed by atoms with van der Waals surface area (Å²) >= 11 is 0. The molecular formula is C16H20N4O. The number of fused-ring (bicyclic) bond motifs is 3. The second kappa shape index (κ2) is 4.77. The average molecular weight is 284 g/mol. The number of nitrogens with two attached hydrogens (primary N) is 1. The maximum Gasteiger partial charge on any atom is 0.0681 e. The maximum absolute atomic E-state index is 6.15. The monoisotopic (exact) mass is 284 g/mol. The first-order valence-corrected chi connectivity index (χ1v) is 7.50. The van der Waals surface area contributed by atoms with E-state index in [1.807, 2.05) is 18.3 Å². The van der Waals surface area contributed by atoms with Crippen molar-refractivity contribution in [1.29, 1.82) is 0 Å². The fraction of sp³-hybridized carbons (Fsp3) is 0.438. The summed E-state index contributed by atoms with van der Waals surface area (Å²) in [6.07, 6.45) is 4.08. The van der Waals surface area contributed by atoms with Gasteiger partial charge in [0.05, 0.1) is 35.9 Å². The molecule has 0 atom stereocenters. The summed E-state index contributed by atoms with van der Waals surface area (Å²) in [7, 11) is 2.10. The third kappa shape index (κ3) is 1.92. The SMILES string of the molecule is CN1Cc2c(cnn2C2CCOCC2)-c2cccc(N)c21. The lowest BCUT2D eigenvalue weighted by atomic mass is 9.97. The first-order valence-electron chi connectivity index (χ1n) is 7.50. The van der Waals surface area contributed by atoms with E-state index in [9.17, 15) is 0 Å². The van der Waals surface area contributed by atoms with Crippen molar-refractivity contribution in [3.63, 3.8) is 0 Å². The number of rotatable bonds is 1. The van der Waals surface area contributed by atoms with Crippen molar-refractivity contribution in [2.45, 2.75) is 25.4 Å². The number of hydrogen-bond donors (Lipinski definition) is 1. The van der Waals surface area contributed by atoms with Crippen molar-refractivity contribution in [3.8, 4) is 11.1 Å². The molecule has 5 heteroatoms. The Morgan fingerprint density at radius 1 is 1.24 bits per heavy atom. The zero-order chi connectivity index (χ0) is 14.4. The fourth-order valence-electron chi connectivity index (χ4n) is 3.52. The molecule has 2 aromatic rings. The van der Waals surface area contributed by atoms with Crippen LogP contribution >= 0.6 is 0 Å². The third-order valence-corrected chi connectivity index (χ3v) is 4.56. The van der Waals surface area contributed by atoms with Crippen molar-refractivity contribution in [2.24, 2.45) is 0 Å². The van der Waals surface area contributed by atoms with E-state index in [1.54, 1.807) is 0 Å². The van der Waals surface area contributed by atoms with Crippen LogP contribution in [0.1, 0.15) is 24.6 Å². The molecule has 3 heterocycles. The van der Waals surface area contributed by atoms with Gasteiger partial charge in [-0.05, 0) is 18.9 Å². The Morgan fingerprint density at radius 2 is 2.05 bits per heavy atom. The van der Waals surface area contributed by atoms with Gasteiger partial charge in [-0.25, -0.2) is 0 Å². The predicted octanol–water partition coefficient (Wildman–Crippen LogP) is 2.43. The maximum atomic E-state index is 6.15. The smallest absolute Gasteiger partial charge is 0.0681 e. The van der Waals surface area contributed by atoms with Gasteiger partial charge in [0, 0.05) is 31.4 Å². The summed E-state index contributed by atoms with van der Waals surface area (Å²) in [5.74, 6) is 0. The molecule has 2 aliphatic rings. The molecule has 0 amide bonds. The molecule has 2 N–H and O–H groups in total. The van der Waals surface area contributed by atoms with Crippen molar-refractivity contribution in [2.75, 3.05) is 30.9 Å². The van der Waals surface area contributed by atoms with Crippen LogP contribution in [0.25, 0.3) is 11.1 Å². The predicted molar refractivity (Wildman–Crippen MR) is 83.3 cm³/mol. The standard InChI is InChI=1S/C16H20N4O/c1-19-10-15-13(12-3-2-4-14(17)16(12)19)9-18-20(15)11-5-7-21-8-6-11/h2-4,9,11H,5-8,10,17H2,1H3. The fourth-order valence-corrected chi connectivity index (χ4v) is 3.52. The van der Waals surface area contributed by atoms with Gasteiger partial charge in [0.15, 0.2) is 0 Å². The van der Waals surface area contributed by atoms with E-state index in [2.05, 4.69) is 27.8 Å². The average Bonchev–Trinajstić information content (AvgIpc) is 2.92. The van der Waals surface area contributed by atoms with Crippen LogP contribution in [0, 0.1) is 0 Å². The molecule has 0 spiro atoms. The largest absolute Gasteiger partial charge is 0.397 e. The molecule has 1 aromatic heterocycles. The molecule has 0 unspecified atom stereocenters. The summed E-state index contributed by atoms with van der Waals surface area (Å²) < 4.78 is 7.68. The molecule has 1 fully saturated rings. The zero-order valence-electron chi connectivity index (χ0n) is 12.2. The van der Waals surface area contributed by atoms with E-state index in [4.69, 9.17) is 10.5 Å². The van der Waals surface area contributed by atoms with Crippen LogP contribution in [-0.2, 0) is 11.3 Å². The number of hydrogen-bond acceptors (Lipinski definition) is 4. The Kier molecular flexibility index (Phi) is 2.89. The lowest BCUT2D eigenvalue weighted by Gasteiger charge is -2.31. The lowest BCUT2D eigenvalue weighted by Crippen LogP contribution is -2.28. The minimum atomic E-state index is 0.457. The Labute approximate surface area is 124 Å². The van der Waals surface area contributed by atoms with Crippen LogP contribution in [0.3, 0.4) is 0 Å². The van der Waals surface area contributed by atoms with E-state index in [-0.39, 0.29) is 0 Å². The van der Waals surface area contributed by atoms with Crippen LogP contribution in [-0.4, -0.2) is 30.0 Å². The Morgan fingerprint density at radius 3 is 2.86 bits per heavy atom. The Bertz CT molecular complexity index is 673. The van der Waals surface area contributed by atoms with Gasteiger partial charge in [0.1, 0.15) is 0 Å². The lowest BCUT2D eigenvalue weighted by molar-refractivity contribution is 0.0654. The minimum Gasteiger partial charge on any atom is -0.397 e. The molecule has 2 aliphatic heterocycles. The van der Waals surface area contributed by atoms with Gasteiger partial charge < -0.3 is 15.4 Å². The summed E-state index contributed by atoms with van der Waals surface area (Å²) in [5, 5.41) is 4.68. The van der Waals surface area contributed by atoms with Gasteiger partial charge in [-0.1, -0.05) is 12.1 Å². The van der Waals surface area contributed by atoms with Gasteiger partial charge in [0.2, 0.25) is 0 Å². The molecule has 1 saturated heterocycles. The van der Waals surface area contributed by atoms with E-state index in [0.29, 0.717) is 6.04 Å². The molecule has 0 bridgehead atoms. The molecule has 0 saturated carbocycles. The normalized spacial score (nSPS) is 18.4. The molecule has 0 radical (unpaired) electrons. The number of anilines is 2. The van der Waals surface area contributed by atoms with Gasteiger partial charge in [-0.15, -0.1) is 0 Å². The van der Waals surface area contributed by atoms with E-state index in [1.165, 1.54) is 16.8 Å². The van der Waals surface area contributed by atoms with Gasteiger partial charge in [0.25, 0.3) is 0 Å². The number of aromatic nitrogens is 2. The number of nitrogens with zero attached hydrogens (tertiary/aromatic N) is 3. The van der Waals surface area contributed by atoms with Crippen molar-refractivity contribution in [3.05, 3.63) is 30.1 Å². The Hall–Kier alpha value is -2.01. The number of para-hydroxylation sites is 1. The highest BCUT2D eigenvalue weighted by atomic mass is 16.5. The topological polar surface area (TPSA) is 56.3 Å². The van der Waals surface area contributed by atoms with Gasteiger partial charge in [-0.3, -0.25) is 4.68 Å². The number of nitrogen functional groups attached to an aromatic ring is 1. The highest BCUT2D eigenvalue weighted by Crippen LogP contribution is 2.42. The summed E-state index contributed by atoms with van der Waals surface area (Å²) in [6.45, 7) is 2.52. The second-order valence-corrected chi connectivity index (χ2v) is 5.89. The molecule has 21 heavy (non-hydrogen) atoms. The van der Waals surface area contributed by atoms with Crippen LogP contribution in [0.4, 0.5) is 11.4 Å². The highest BCUT2D eigenvalue weighted by Gasteiger charge is 2.28. The second-order valence-electron chi connectivity index (χ2n) is 5.89.